The van der Waals surface area contributed by atoms with Gasteiger partial charge in [-0.15, -0.1) is 0 Å². The van der Waals surface area contributed by atoms with Crippen LogP contribution in [0.3, 0.4) is 0 Å². The van der Waals surface area contributed by atoms with Crippen LogP contribution in [0.2, 0.25) is 0 Å². The van der Waals surface area contributed by atoms with Gasteiger partial charge in [0, 0.05) is 13.7 Å². The average molecular weight is 444 g/mol. The fourth-order valence-corrected chi connectivity index (χ4v) is 3.50. The molecule has 0 aliphatic carbocycles. The van der Waals surface area contributed by atoms with Crippen molar-refractivity contribution in [3.8, 4) is 11.1 Å². The van der Waals surface area contributed by atoms with Gasteiger partial charge in [-0.3, -0.25) is 9.35 Å². The lowest BCUT2D eigenvalue weighted by Crippen LogP contribution is -2.29. The van der Waals surface area contributed by atoms with Crippen LogP contribution in [0, 0.1) is 5.82 Å². The minimum atomic E-state index is -2.38. The van der Waals surface area contributed by atoms with Crippen LogP contribution >= 0.6 is 0 Å². The van der Waals surface area contributed by atoms with Gasteiger partial charge in [-0.2, -0.15) is 0 Å². The van der Waals surface area contributed by atoms with Crippen LogP contribution in [0.4, 0.5) is 15.9 Å². The second kappa shape index (κ2) is 10.8. The number of hydrogen-bond acceptors (Lipinski definition) is 4. The van der Waals surface area contributed by atoms with Gasteiger partial charge in [0.25, 0.3) is 11.3 Å². The van der Waals surface area contributed by atoms with E-state index in [0.717, 1.165) is 15.4 Å². The molecular formula is C22H22FN3O4S. The summed E-state index contributed by atoms with van der Waals surface area (Å²) in [6.07, 6.45) is 0.0347. The number of hydrogen-bond donors (Lipinski definition) is 2. The van der Waals surface area contributed by atoms with Gasteiger partial charge >= 0.3 is 0 Å². The summed E-state index contributed by atoms with van der Waals surface area (Å²) in [6.45, 7) is 0.798. The van der Waals surface area contributed by atoms with Crippen LogP contribution < -0.4 is 9.62 Å². The smallest absolute Gasteiger partial charge is 0.267 e. The predicted octanol–water partition coefficient (Wildman–Crippen LogP) is 3.47. The number of nitrogens with one attached hydrogen (secondary N) is 1. The first-order chi connectivity index (χ1) is 15.0. The summed E-state index contributed by atoms with van der Waals surface area (Å²) >= 11 is -2.38. The normalized spacial score (nSPS) is 11.7. The van der Waals surface area contributed by atoms with Crippen molar-refractivity contribution < 1.29 is 22.7 Å². The molecule has 0 saturated carbocycles. The Morgan fingerprint density at radius 3 is 2.35 bits per heavy atom. The molecule has 3 aromatic rings. The summed E-state index contributed by atoms with van der Waals surface area (Å²) < 4.78 is 41.1. The minimum absolute atomic E-state index is 0.0347. The molecule has 0 aliphatic heterocycles. The zero-order valence-corrected chi connectivity index (χ0v) is 17.6. The zero-order valence-electron chi connectivity index (χ0n) is 16.8. The number of aromatic nitrogens is 1. The Morgan fingerprint density at radius 2 is 1.74 bits per heavy atom. The Labute approximate surface area is 182 Å². The van der Waals surface area contributed by atoms with Gasteiger partial charge in [-0.25, -0.2) is 17.9 Å². The second-order valence-corrected chi connectivity index (χ2v) is 7.41. The first-order valence-corrected chi connectivity index (χ1v) is 10.5. The number of amides is 1. The molecule has 0 radical (unpaired) electrons. The van der Waals surface area contributed by atoms with E-state index in [1.54, 1.807) is 61.7 Å². The fraction of sp³-hybridized carbons (Fsp3) is 0.182. The third-order valence-corrected chi connectivity index (χ3v) is 5.12. The third-order valence-electron chi connectivity index (χ3n) is 4.41. The van der Waals surface area contributed by atoms with Crippen LogP contribution in [0.15, 0.2) is 66.7 Å². The maximum Gasteiger partial charge on any atom is 0.267 e. The van der Waals surface area contributed by atoms with Crippen LogP contribution in [-0.4, -0.2) is 39.9 Å². The molecular weight excluding hydrogens is 421 g/mol. The number of methoxy groups -OCH3 is 1. The highest BCUT2D eigenvalue weighted by Crippen LogP contribution is 2.28. The number of halogens is 1. The van der Waals surface area contributed by atoms with Gasteiger partial charge in [-0.05, 0) is 47.5 Å². The maximum atomic E-state index is 13.1. The minimum Gasteiger partial charge on any atom is -0.383 e. The fourth-order valence-electron chi connectivity index (χ4n) is 2.93. The summed E-state index contributed by atoms with van der Waals surface area (Å²) in [5, 5.41) is 2.71. The number of nitrogens with zero attached hydrogens (tertiary/aromatic N) is 2. The van der Waals surface area contributed by atoms with Crippen molar-refractivity contribution >= 4 is 28.7 Å². The van der Waals surface area contributed by atoms with Gasteiger partial charge in [0.1, 0.15) is 11.6 Å². The molecule has 1 heterocycles. The van der Waals surface area contributed by atoms with Crippen LogP contribution in [-0.2, 0) is 27.2 Å². The molecule has 0 bridgehead atoms. The Kier molecular flexibility index (Phi) is 7.82. The van der Waals surface area contributed by atoms with Crippen molar-refractivity contribution in [1.29, 1.82) is 0 Å². The largest absolute Gasteiger partial charge is 0.383 e. The molecule has 0 saturated heterocycles. The van der Waals surface area contributed by atoms with E-state index >= 15 is 0 Å². The molecule has 162 valence electrons. The number of ether oxygens (including phenoxy) is 1. The quantitative estimate of drug-likeness (QED) is 0.390. The predicted molar refractivity (Wildman–Crippen MR) is 118 cm³/mol. The van der Waals surface area contributed by atoms with Crippen molar-refractivity contribution in [3.63, 3.8) is 0 Å². The molecule has 1 amide bonds. The lowest BCUT2D eigenvalue weighted by Gasteiger charge is -2.20. The highest BCUT2D eigenvalue weighted by molar-refractivity contribution is 7.81. The van der Waals surface area contributed by atoms with Gasteiger partial charge in [0.05, 0.1) is 24.4 Å². The number of rotatable bonds is 9. The van der Waals surface area contributed by atoms with Crippen LogP contribution in [0.5, 0.6) is 0 Å². The average Bonchev–Trinajstić information content (AvgIpc) is 2.75. The van der Waals surface area contributed by atoms with Crippen molar-refractivity contribution in [1.82, 2.24) is 10.3 Å². The second-order valence-electron chi connectivity index (χ2n) is 6.59. The molecule has 1 unspecified atom stereocenters. The monoisotopic (exact) mass is 443 g/mol. The molecule has 31 heavy (non-hydrogen) atoms. The molecule has 0 aliphatic rings. The SMILES string of the molecule is COCCNC(=O)Cc1cccc(N(c2ccc(-c3ccc(F)cc3)cc2)S(=O)O)n1. The van der Waals surface area contributed by atoms with E-state index in [-0.39, 0.29) is 24.0 Å². The molecule has 1 atom stereocenters. The number of anilines is 2. The topological polar surface area (TPSA) is 91.8 Å². The number of carbonyl (C=O) groups is 1. The van der Waals surface area contributed by atoms with E-state index in [9.17, 15) is 17.9 Å². The maximum absolute atomic E-state index is 13.1. The van der Waals surface area contributed by atoms with Crippen LogP contribution in [0.25, 0.3) is 11.1 Å². The Hall–Kier alpha value is -3.14. The summed E-state index contributed by atoms with van der Waals surface area (Å²) in [6, 6.07) is 17.9. The summed E-state index contributed by atoms with van der Waals surface area (Å²) in [5.41, 5.74) is 2.57. The Morgan fingerprint density at radius 1 is 1.10 bits per heavy atom. The number of pyridine rings is 1. The Balaban J connectivity index is 1.80. The number of benzene rings is 2. The van der Waals surface area contributed by atoms with Crippen LogP contribution in [0.1, 0.15) is 5.69 Å². The molecule has 1 aromatic heterocycles. The first kappa shape index (κ1) is 22.5. The van der Waals surface area contributed by atoms with Crippen molar-refractivity contribution in [2.45, 2.75) is 6.42 Å². The van der Waals surface area contributed by atoms with E-state index in [0.29, 0.717) is 24.5 Å². The van der Waals surface area contributed by atoms with Gasteiger partial charge in [-0.1, -0.05) is 30.3 Å². The summed E-state index contributed by atoms with van der Waals surface area (Å²) in [4.78, 5) is 16.4. The Bertz CT molecular complexity index is 1050. The lowest BCUT2D eigenvalue weighted by atomic mass is 10.1. The summed E-state index contributed by atoms with van der Waals surface area (Å²) in [5.74, 6) is -0.305. The standard InChI is InChI=1S/C22H22FN3O4S/c1-30-14-13-24-22(27)15-19-3-2-4-21(25-19)26(31(28)29)20-11-7-17(8-12-20)16-5-9-18(23)10-6-16/h2-12H,13-15H2,1H3,(H,24,27)(H,28,29). The van der Waals surface area contributed by atoms with E-state index in [1.165, 1.54) is 12.1 Å². The molecule has 0 spiro atoms. The van der Waals surface area contributed by atoms with E-state index in [1.807, 2.05) is 0 Å². The highest BCUT2D eigenvalue weighted by Gasteiger charge is 2.17. The van der Waals surface area contributed by atoms with Crippen molar-refractivity contribution in [2.75, 3.05) is 24.6 Å². The molecule has 0 fully saturated rings. The lowest BCUT2D eigenvalue weighted by molar-refractivity contribution is -0.120. The van der Waals surface area contributed by atoms with Gasteiger partial charge in [0.15, 0.2) is 0 Å². The van der Waals surface area contributed by atoms with Gasteiger partial charge < -0.3 is 10.1 Å². The third kappa shape index (κ3) is 6.17. The van der Waals surface area contributed by atoms with E-state index in [4.69, 9.17) is 4.74 Å². The summed E-state index contributed by atoms with van der Waals surface area (Å²) in [7, 11) is 1.55. The van der Waals surface area contributed by atoms with E-state index in [2.05, 4.69) is 10.3 Å². The van der Waals surface area contributed by atoms with Crippen molar-refractivity contribution in [2.24, 2.45) is 0 Å². The number of carbonyl (C=O) groups excluding carboxylic acids is 1. The molecule has 3 rings (SSSR count). The highest BCUT2D eigenvalue weighted by atomic mass is 32.2. The molecule has 2 N–H and O–H groups in total. The van der Waals surface area contributed by atoms with Gasteiger partial charge in [0.2, 0.25) is 5.91 Å². The molecule has 2 aromatic carbocycles. The zero-order chi connectivity index (χ0) is 22.2. The van der Waals surface area contributed by atoms with Crippen molar-refractivity contribution in [3.05, 3.63) is 78.2 Å². The molecule has 7 nitrogen and oxygen atoms in total. The molecule has 9 heteroatoms. The van der Waals surface area contributed by atoms with E-state index < -0.39 is 11.3 Å². The first-order valence-electron chi connectivity index (χ1n) is 9.46.